The molecule has 0 amide bonds. The molecule has 0 aliphatic rings. The summed E-state index contributed by atoms with van der Waals surface area (Å²) in [6.07, 6.45) is 4.13. The first-order valence-corrected chi connectivity index (χ1v) is 6.41. The SMILES string of the molecule is CC/C(C)=C(Cl)/C(C)=C\c1ncc(Br)c(=O)[nH]1. The fourth-order valence-electron chi connectivity index (χ4n) is 1.23. The number of halogens is 2. The lowest BCUT2D eigenvalue weighted by Gasteiger charge is -2.04. The number of hydrogen-bond donors (Lipinski definition) is 1. The predicted octanol–water partition coefficient (Wildman–Crippen LogP) is 3.86. The van der Waals surface area contributed by atoms with Gasteiger partial charge in [-0.25, -0.2) is 4.98 Å². The third-order valence-corrected chi connectivity index (χ3v) is 3.57. The van der Waals surface area contributed by atoms with Gasteiger partial charge in [0.2, 0.25) is 0 Å². The lowest BCUT2D eigenvalue weighted by atomic mass is 10.1. The average molecular weight is 318 g/mol. The molecule has 17 heavy (non-hydrogen) atoms. The van der Waals surface area contributed by atoms with Crippen molar-refractivity contribution < 1.29 is 0 Å². The quantitative estimate of drug-likeness (QED) is 0.860. The average Bonchev–Trinajstić information content (AvgIpc) is 2.31. The summed E-state index contributed by atoms with van der Waals surface area (Å²) in [5.74, 6) is 0.498. The number of rotatable bonds is 3. The van der Waals surface area contributed by atoms with E-state index in [1.807, 2.05) is 20.8 Å². The maximum Gasteiger partial charge on any atom is 0.265 e. The van der Waals surface area contributed by atoms with Gasteiger partial charge in [-0.1, -0.05) is 24.1 Å². The van der Waals surface area contributed by atoms with E-state index in [2.05, 4.69) is 25.9 Å². The molecule has 3 nitrogen and oxygen atoms in total. The van der Waals surface area contributed by atoms with E-state index in [0.717, 1.165) is 22.6 Å². The highest BCUT2D eigenvalue weighted by molar-refractivity contribution is 9.10. The molecule has 1 N–H and O–H groups in total. The molecule has 0 atom stereocenters. The standard InChI is InChI=1S/C12H14BrClN2O/c1-4-7(2)11(14)8(3)5-10-15-6-9(13)12(17)16-10/h5-6H,4H2,1-3H3,(H,15,16,17)/b8-5-,11-7-. The lowest BCUT2D eigenvalue weighted by molar-refractivity contribution is 1.06. The predicted molar refractivity (Wildman–Crippen MR) is 75.1 cm³/mol. The second-order valence-electron chi connectivity index (χ2n) is 3.72. The van der Waals surface area contributed by atoms with E-state index in [-0.39, 0.29) is 5.56 Å². The molecule has 0 saturated carbocycles. The van der Waals surface area contributed by atoms with E-state index >= 15 is 0 Å². The fraction of sp³-hybridized carbons (Fsp3) is 0.333. The smallest absolute Gasteiger partial charge is 0.265 e. The van der Waals surface area contributed by atoms with Gasteiger partial charge in [-0.2, -0.15) is 0 Å². The molecule has 0 aliphatic carbocycles. The highest BCUT2D eigenvalue weighted by atomic mass is 79.9. The first-order chi connectivity index (χ1) is 7.95. The molecule has 0 bridgehead atoms. The van der Waals surface area contributed by atoms with Gasteiger partial charge in [-0.05, 0) is 47.8 Å². The molecule has 1 aromatic heterocycles. The largest absolute Gasteiger partial charge is 0.306 e. The van der Waals surface area contributed by atoms with Gasteiger partial charge < -0.3 is 4.98 Å². The van der Waals surface area contributed by atoms with Crippen LogP contribution in [0.3, 0.4) is 0 Å². The van der Waals surface area contributed by atoms with Crippen LogP contribution in [-0.2, 0) is 0 Å². The maximum absolute atomic E-state index is 11.4. The Morgan fingerprint density at radius 3 is 2.76 bits per heavy atom. The van der Waals surface area contributed by atoms with Crippen molar-refractivity contribution in [2.75, 3.05) is 0 Å². The van der Waals surface area contributed by atoms with Crippen LogP contribution < -0.4 is 5.56 Å². The summed E-state index contributed by atoms with van der Waals surface area (Å²) in [6.45, 7) is 5.92. The second-order valence-corrected chi connectivity index (χ2v) is 4.95. The Labute approximate surface area is 114 Å². The van der Waals surface area contributed by atoms with Crippen LogP contribution in [0.15, 0.2) is 31.6 Å². The molecule has 0 aromatic carbocycles. The number of H-pyrrole nitrogens is 1. The van der Waals surface area contributed by atoms with Crippen LogP contribution in [0.1, 0.15) is 33.0 Å². The molecule has 0 radical (unpaired) electrons. The third kappa shape index (κ3) is 3.82. The van der Waals surface area contributed by atoms with Crippen molar-refractivity contribution in [2.24, 2.45) is 0 Å². The zero-order valence-corrected chi connectivity index (χ0v) is 12.3. The van der Waals surface area contributed by atoms with E-state index < -0.39 is 0 Å². The Bertz CT molecular complexity index is 532. The molecule has 1 rings (SSSR count). The minimum absolute atomic E-state index is 0.202. The third-order valence-electron chi connectivity index (χ3n) is 2.38. The van der Waals surface area contributed by atoms with Crippen LogP contribution in [0.5, 0.6) is 0 Å². The van der Waals surface area contributed by atoms with E-state index in [4.69, 9.17) is 11.6 Å². The molecule has 1 aromatic rings. The first kappa shape index (κ1) is 14.2. The van der Waals surface area contributed by atoms with Gasteiger partial charge in [0.15, 0.2) is 0 Å². The highest BCUT2D eigenvalue weighted by Gasteiger charge is 2.02. The number of nitrogens with one attached hydrogen (secondary N) is 1. The minimum atomic E-state index is -0.202. The van der Waals surface area contributed by atoms with Crippen molar-refractivity contribution >= 4 is 33.6 Å². The highest BCUT2D eigenvalue weighted by Crippen LogP contribution is 2.22. The first-order valence-electron chi connectivity index (χ1n) is 5.24. The Balaban J connectivity index is 3.11. The Kier molecular flexibility index (Phi) is 5.15. The van der Waals surface area contributed by atoms with Crippen molar-refractivity contribution in [2.45, 2.75) is 27.2 Å². The summed E-state index contributed by atoms with van der Waals surface area (Å²) in [5, 5.41) is 0.720. The Morgan fingerprint density at radius 1 is 1.59 bits per heavy atom. The normalized spacial score (nSPS) is 13.6. The van der Waals surface area contributed by atoms with Crippen LogP contribution >= 0.6 is 27.5 Å². The number of allylic oxidation sites excluding steroid dienone is 3. The van der Waals surface area contributed by atoms with Crippen LogP contribution in [-0.4, -0.2) is 9.97 Å². The van der Waals surface area contributed by atoms with Crippen molar-refractivity contribution in [1.29, 1.82) is 0 Å². The van der Waals surface area contributed by atoms with Crippen molar-refractivity contribution in [3.8, 4) is 0 Å². The summed E-state index contributed by atoms with van der Waals surface area (Å²) in [6, 6.07) is 0. The minimum Gasteiger partial charge on any atom is -0.306 e. The van der Waals surface area contributed by atoms with Gasteiger partial charge in [-0.3, -0.25) is 4.79 Å². The lowest BCUT2D eigenvalue weighted by Crippen LogP contribution is -2.09. The summed E-state index contributed by atoms with van der Waals surface area (Å²) in [5.41, 5.74) is 1.79. The molecule has 0 aliphatic heterocycles. The van der Waals surface area contributed by atoms with Gasteiger partial charge in [0.05, 0.1) is 0 Å². The maximum atomic E-state index is 11.4. The molecule has 0 unspecified atom stereocenters. The zero-order chi connectivity index (χ0) is 13.0. The van der Waals surface area contributed by atoms with E-state index in [0.29, 0.717) is 10.3 Å². The molecule has 0 spiro atoms. The van der Waals surface area contributed by atoms with Crippen LogP contribution in [0.25, 0.3) is 6.08 Å². The number of aromatic amines is 1. The number of aromatic nitrogens is 2. The number of nitrogens with zero attached hydrogens (tertiary/aromatic N) is 1. The molecule has 0 fully saturated rings. The molecule has 5 heteroatoms. The van der Waals surface area contributed by atoms with E-state index in [1.54, 1.807) is 6.08 Å². The fourth-order valence-corrected chi connectivity index (χ4v) is 1.62. The van der Waals surface area contributed by atoms with Gasteiger partial charge in [0.1, 0.15) is 10.3 Å². The number of hydrogen-bond acceptors (Lipinski definition) is 2. The van der Waals surface area contributed by atoms with Gasteiger partial charge >= 0.3 is 0 Å². The molecular formula is C12H14BrClN2O. The Morgan fingerprint density at radius 2 is 2.24 bits per heavy atom. The van der Waals surface area contributed by atoms with Crippen LogP contribution in [0, 0.1) is 0 Å². The summed E-state index contributed by atoms with van der Waals surface area (Å²) >= 11 is 9.28. The molecule has 1 heterocycles. The summed E-state index contributed by atoms with van der Waals surface area (Å²) in [7, 11) is 0. The van der Waals surface area contributed by atoms with Gasteiger partial charge in [-0.15, -0.1) is 0 Å². The summed E-state index contributed by atoms with van der Waals surface area (Å²) in [4.78, 5) is 18.1. The van der Waals surface area contributed by atoms with Crippen molar-refractivity contribution in [1.82, 2.24) is 9.97 Å². The monoisotopic (exact) mass is 316 g/mol. The van der Waals surface area contributed by atoms with Crippen molar-refractivity contribution in [3.05, 3.63) is 43.0 Å². The second kappa shape index (κ2) is 6.17. The topological polar surface area (TPSA) is 45.8 Å². The van der Waals surface area contributed by atoms with Crippen molar-refractivity contribution in [3.63, 3.8) is 0 Å². The van der Waals surface area contributed by atoms with E-state index in [1.165, 1.54) is 6.20 Å². The zero-order valence-electron chi connectivity index (χ0n) is 9.97. The molecule has 0 saturated heterocycles. The molecule has 92 valence electrons. The van der Waals surface area contributed by atoms with E-state index in [9.17, 15) is 4.79 Å². The Hall–Kier alpha value is -0.870. The summed E-state index contributed by atoms with van der Waals surface area (Å²) < 4.78 is 0.415. The van der Waals surface area contributed by atoms with Gasteiger partial charge in [0.25, 0.3) is 5.56 Å². The van der Waals surface area contributed by atoms with Crippen LogP contribution in [0.2, 0.25) is 0 Å². The molecular weight excluding hydrogens is 304 g/mol. The van der Waals surface area contributed by atoms with Crippen LogP contribution in [0.4, 0.5) is 0 Å². The van der Waals surface area contributed by atoms with Gasteiger partial charge in [0, 0.05) is 11.2 Å².